The van der Waals surface area contributed by atoms with Gasteiger partial charge in [-0.1, -0.05) is 11.3 Å². The number of anilines is 2. The first-order valence-corrected chi connectivity index (χ1v) is 11.5. The maximum absolute atomic E-state index is 13.1. The predicted octanol–water partition coefficient (Wildman–Crippen LogP) is 4.15. The van der Waals surface area contributed by atoms with Crippen LogP contribution in [0.5, 0.6) is 11.6 Å². The molecule has 2 N–H and O–H groups in total. The van der Waals surface area contributed by atoms with E-state index in [1.54, 1.807) is 24.3 Å². The van der Waals surface area contributed by atoms with Gasteiger partial charge in [-0.25, -0.2) is 18.4 Å². The first kappa shape index (κ1) is 21.8. The molecule has 3 rings (SSSR count). The van der Waals surface area contributed by atoms with Crippen LogP contribution < -0.4 is 19.5 Å². The number of methoxy groups -OCH3 is 2. The van der Waals surface area contributed by atoms with Crippen molar-refractivity contribution >= 4 is 32.2 Å². The minimum atomic E-state index is -3.92. The van der Waals surface area contributed by atoms with Crippen LogP contribution in [0.15, 0.2) is 41.4 Å². The number of ether oxygens (including phenoxy) is 2. The number of sulfonamides is 1. The van der Waals surface area contributed by atoms with Crippen molar-refractivity contribution < 1.29 is 17.9 Å². The molecule has 2 aromatic heterocycles. The smallest absolute Gasteiger partial charge is 0.265 e. The summed E-state index contributed by atoms with van der Waals surface area (Å²) in [5.74, 6) is 0.638. The molecular weight excluding hydrogens is 424 g/mol. The molecule has 0 aliphatic rings. The molecule has 160 valence electrons. The van der Waals surface area contributed by atoms with Gasteiger partial charge >= 0.3 is 0 Å². The number of hydrogen-bond donors (Lipinski definition) is 2. The van der Waals surface area contributed by atoms with Gasteiger partial charge in [0.1, 0.15) is 10.6 Å². The highest BCUT2D eigenvalue weighted by molar-refractivity contribution is 7.92. The molecule has 0 spiro atoms. The van der Waals surface area contributed by atoms with Crippen molar-refractivity contribution in [2.45, 2.75) is 31.7 Å². The fraction of sp³-hybridized carbons (Fsp3) is 0.300. The summed E-state index contributed by atoms with van der Waals surface area (Å²) in [5.41, 5.74) is 1.89. The second kappa shape index (κ2) is 8.88. The highest BCUT2D eigenvalue weighted by Crippen LogP contribution is 2.37. The Labute approximate surface area is 180 Å². The van der Waals surface area contributed by atoms with Gasteiger partial charge < -0.3 is 14.8 Å². The Morgan fingerprint density at radius 2 is 1.87 bits per heavy atom. The normalized spacial score (nSPS) is 11.4. The number of thiazole rings is 1. The van der Waals surface area contributed by atoms with Crippen molar-refractivity contribution in [1.29, 1.82) is 0 Å². The first-order chi connectivity index (χ1) is 14.2. The van der Waals surface area contributed by atoms with Gasteiger partial charge in [-0.05, 0) is 50.6 Å². The van der Waals surface area contributed by atoms with E-state index >= 15 is 0 Å². The Morgan fingerprint density at radius 3 is 2.47 bits per heavy atom. The van der Waals surface area contributed by atoms with Crippen LogP contribution in [0.25, 0.3) is 10.4 Å². The zero-order chi connectivity index (χ0) is 21.9. The van der Waals surface area contributed by atoms with Crippen molar-refractivity contribution in [3.05, 3.63) is 42.2 Å². The number of rotatable bonds is 8. The van der Waals surface area contributed by atoms with E-state index in [1.165, 1.54) is 31.8 Å². The molecule has 0 atom stereocenters. The summed E-state index contributed by atoms with van der Waals surface area (Å²) in [4.78, 5) is 9.49. The average molecular weight is 449 g/mol. The maximum atomic E-state index is 13.1. The largest absolute Gasteiger partial charge is 0.495 e. The van der Waals surface area contributed by atoms with Crippen molar-refractivity contribution in [2.75, 3.05) is 24.3 Å². The summed E-state index contributed by atoms with van der Waals surface area (Å²) in [6, 6.07) is 8.47. The van der Waals surface area contributed by atoms with Gasteiger partial charge in [0, 0.05) is 12.1 Å². The number of hydrogen-bond acceptors (Lipinski definition) is 8. The number of aryl methyl sites for hydroxylation is 1. The van der Waals surface area contributed by atoms with Gasteiger partial charge in [0.15, 0.2) is 5.13 Å². The highest BCUT2D eigenvalue weighted by atomic mass is 32.2. The topological polar surface area (TPSA) is 102 Å². The van der Waals surface area contributed by atoms with Gasteiger partial charge in [0.2, 0.25) is 5.88 Å². The molecule has 0 unspecified atom stereocenters. The molecule has 0 radical (unpaired) electrons. The monoisotopic (exact) mass is 448 g/mol. The van der Waals surface area contributed by atoms with Crippen LogP contribution in [0.1, 0.15) is 19.5 Å². The lowest BCUT2D eigenvalue weighted by Gasteiger charge is -2.13. The van der Waals surface area contributed by atoms with Gasteiger partial charge in [0.25, 0.3) is 10.0 Å². The summed E-state index contributed by atoms with van der Waals surface area (Å²) in [5, 5.41) is 4.07. The molecule has 0 bridgehead atoms. The highest BCUT2D eigenvalue weighted by Gasteiger charge is 2.22. The Kier molecular flexibility index (Phi) is 6.47. The number of pyridine rings is 1. The molecule has 0 saturated carbocycles. The zero-order valence-electron chi connectivity index (χ0n) is 17.4. The minimum Gasteiger partial charge on any atom is -0.495 e. The molecule has 0 aliphatic heterocycles. The maximum Gasteiger partial charge on any atom is 0.265 e. The molecule has 0 saturated heterocycles. The van der Waals surface area contributed by atoms with Crippen LogP contribution >= 0.6 is 11.3 Å². The standard InChI is InChI=1S/C20H24N4O4S2/c1-12(2)22-20-23-13(3)19(29-20)14-6-8-16(27-4)17(10-14)30(25,26)24-15-7-9-18(28-5)21-11-15/h6-12,24H,1-5H3,(H,22,23). The van der Waals surface area contributed by atoms with Gasteiger partial charge in [0.05, 0.1) is 36.7 Å². The van der Waals surface area contributed by atoms with Gasteiger partial charge in [-0.15, -0.1) is 0 Å². The van der Waals surface area contributed by atoms with Crippen molar-refractivity contribution in [1.82, 2.24) is 9.97 Å². The lowest BCUT2D eigenvalue weighted by molar-refractivity contribution is 0.398. The predicted molar refractivity (Wildman–Crippen MR) is 119 cm³/mol. The summed E-state index contributed by atoms with van der Waals surface area (Å²) in [6.07, 6.45) is 1.39. The summed E-state index contributed by atoms with van der Waals surface area (Å²) >= 11 is 1.48. The fourth-order valence-electron chi connectivity index (χ4n) is 2.77. The summed E-state index contributed by atoms with van der Waals surface area (Å²) in [6.45, 7) is 5.97. The third-order valence-corrected chi connectivity index (χ3v) is 6.66. The van der Waals surface area contributed by atoms with E-state index in [0.717, 1.165) is 21.3 Å². The second-order valence-corrected chi connectivity index (χ2v) is 9.44. The molecule has 0 fully saturated rings. The zero-order valence-corrected chi connectivity index (χ0v) is 19.0. The summed E-state index contributed by atoms with van der Waals surface area (Å²) < 4.78 is 39.0. The number of aromatic nitrogens is 2. The molecule has 10 heteroatoms. The van der Waals surface area contributed by atoms with E-state index < -0.39 is 10.0 Å². The van der Waals surface area contributed by atoms with E-state index in [9.17, 15) is 8.42 Å². The Hall–Kier alpha value is -2.85. The quantitative estimate of drug-likeness (QED) is 0.534. The summed E-state index contributed by atoms with van der Waals surface area (Å²) in [7, 11) is -0.990. The van der Waals surface area contributed by atoms with E-state index in [0.29, 0.717) is 11.6 Å². The van der Waals surface area contributed by atoms with Crippen molar-refractivity contribution in [3.63, 3.8) is 0 Å². The number of benzene rings is 1. The number of nitrogens with one attached hydrogen (secondary N) is 2. The van der Waals surface area contributed by atoms with Crippen LogP contribution in [0.2, 0.25) is 0 Å². The van der Waals surface area contributed by atoms with Crippen molar-refractivity contribution in [3.8, 4) is 22.1 Å². The van der Waals surface area contributed by atoms with Gasteiger partial charge in [-0.3, -0.25) is 4.72 Å². The van der Waals surface area contributed by atoms with E-state index in [-0.39, 0.29) is 16.7 Å². The SMILES string of the molecule is COc1ccc(NS(=O)(=O)c2cc(-c3sc(NC(C)C)nc3C)ccc2OC)cn1. The van der Waals surface area contributed by atoms with Crippen LogP contribution in [0.3, 0.4) is 0 Å². The minimum absolute atomic E-state index is 0.0319. The van der Waals surface area contributed by atoms with Crippen LogP contribution in [0, 0.1) is 6.92 Å². The number of nitrogens with zero attached hydrogens (tertiary/aromatic N) is 2. The van der Waals surface area contributed by atoms with Crippen LogP contribution in [-0.4, -0.2) is 38.6 Å². The van der Waals surface area contributed by atoms with E-state index in [2.05, 4.69) is 20.0 Å². The Balaban J connectivity index is 1.98. The van der Waals surface area contributed by atoms with Gasteiger partial charge in [-0.2, -0.15) is 0 Å². The average Bonchev–Trinajstić information content (AvgIpc) is 3.07. The lowest BCUT2D eigenvalue weighted by Crippen LogP contribution is -2.14. The van der Waals surface area contributed by atoms with Crippen LogP contribution in [-0.2, 0) is 10.0 Å². The van der Waals surface area contributed by atoms with Crippen LogP contribution in [0.4, 0.5) is 10.8 Å². The first-order valence-electron chi connectivity index (χ1n) is 9.18. The third-order valence-electron chi connectivity index (χ3n) is 4.12. The van der Waals surface area contributed by atoms with E-state index in [1.807, 2.05) is 26.8 Å². The fourth-order valence-corrected chi connectivity index (χ4v) is 5.12. The lowest BCUT2D eigenvalue weighted by atomic mass is 10.1. The molecule has 30 heavy (non-hydrogen) atoms. The Morgan fingerprint density at radius 1 is 1.10 bits per heavy atom. The molecule has 3 aromatic rings. The molecule has 2 heterocycles. The Bertz CT molecular complexity index is 1130. The van der Waals surface area contributed by atoms with E-state index in [4.69, 9.17) is 9.47 Å². The second-order valence-electron chi connectivity index (χ2n) is 6.79. The third kappa shape index (κ3) is 4.82. The van der Waals surface area contributed by atoms with Crippen molar-refractivity contribution in [2.24, 2.45) is 0 Å². The molecule has 1 aromatic carbocycles. The molecule has 8 nitrogen and oxygen atoms in total. The molecule has 0 aliphatic carbocycles. The molecular formula is C20H24N4O4S2. The molecule has 0 amide bonds.